The third kappa shape index (κ3) is 5.86. The maximum atomic E-state index is 14.4. The minimum absolute atomic E-state index is 0.268. The molecule has 0 bridgehead atoms. The number of fused-ring (bicyclic) bond motifs is 2. The Morgan fingerprint density at radius 3 is 2.59 bits per heavy atom. The number of esters is 1. The monoisotopic (exact) mass is 737 g/mol. The number of methoxy groups -OCH3 is 1. The molecule has 1 aliphatic heterocycles. The number of carbonyl (C=O) groups excluding carboxylic acids is 1. The molecular formula is C35H30BrCl2N3O4S. The standard InChI is InChI=1S/C35H30BrCl2N3O4S/c1-18(2)45-34(43)31-19(3)39-35-41(32(31)26-14-22(36)11-13-29(26)44-5)33(42)30(46-35)16-25-20(4)40(28-9-7-6-8-24(25)28)17-21-10-12-23(37)15-27(21)38/h6-16,18,32H,17H2,1-5H3/b30-16-/t32-/m1/s1. The molecule has 0 fully saturated rings. The molecule has 2 aromatic heterocycles. The van der Waals surface area contributed by atoms with Gasteiger partial charge in [-0.05, 0) is 75.7 Å². The maximum absolute atomic E-state index is 14.4. The van der Waals surface area contributed by atoms with Crippen molar-refractivity contribution in [1.29, 1.82) is 0 Å². The Kier molecular flexibility index (Phi) is 9.04. The number of nitrogens with zero attached hydrogens (tertiary/aromatic N) is 3. The number of para-hydroxylation sites is 1. The highest BCUT2D eigenvalue weighted by Crippen LogP contribution is 2.38. The molecule has 236 valence electrons. The number of aromatic nitrogens is 2. The molecule has 0 aliphatic carbocycles. The molecule has 0 spiro atoms. The normalized spacial score (nSPS) is 15.0. The lowest BCUT2D eigenvalue weighted by Crippen LogP contribution is -2.40. The molecule has 0 N–H and O–H groups in total. The van der Waals surface area contributed by atoms with Crippen molar-refractivity contribution < 1.29 is 14.3 Å². The summed E-state index contributed by atoms with van der Waals surface area (Å²) in [5, 5.41) is 2.16. The minimum atomic E-state index is -0.813. The van der Waals surface area contributed by atoms with Gasteiger partial charge in [0.25, 0.3) is 5.56 Å². The Labute approximate surface area is 288 Å². The second-order valence-corrected chi connectivity index (χ2v) is 14.0. The van der Waals surface area contributed by atoms with Gasteiger partial charge in [0.05, 0.1) is 29.0 Å². The summed E-state index contributed by atoms with van der Waals surface area (Å²) in [6, 6.07) is 18.3. The Bertz CT molecular complexity index is 2250. The molecule has 11 heteroatoms. The molecule has 3 heterocycles. The lowest BCUT2D eigenvalue weighted by molar-refractivity contribution is -0.143. The van der Waals surface area contributed by atoms with Gasteiger partial charge in [-0.1, -0.05) is 74.7 Å². The van der Waals surface area contributed by atoms with E-state index in [4.69, 9.17) is 37.7 Å². The lowest BCUT2D eigenvalue weighted by Gasteiger charge is -2.26. The third-order valence-corrected chi connectivity index (χ3v) is 10.0. The Morgan fingerprint density at radius 1 is 1.11 bits per heavy atom. The first-order valence-electron chi connectivity index (χ1n) is 14.6. The minimum Gasteiger partial charge on any atom is -0.496 e. The summed E-state index contributed by atoms with van der Waals surface area (Å²) in [6.07, 6.45) is 1.56. The van der Waals surface area contributed by atoms with Gasteiger partial charge in [0.1, 0.15) is 11.8 Å². The fourth-order valence-corrected chi connectivity index (χ4v) is 7.74. The van der Waals surface area contributed by atoms with Crippen LogP contribution in [-0.4, -0.2) is 28.3 Å². The second kappa shape index (κ2) is 12.9. The second-order valence-electron chi connectivity index (χ2n) is 11.3. The highest BCUT2D eigenvalue weighted by Gasteiger charge is 2.35. The van der Waals surface area contributed by atoms with Crippen LogP contribution in [0.3, 0.4) is 0 Å². The van der Waals surface area contributed by atoms with Crippen LogP contribution in [0.25, 0.3) is 17.0 Å². The predicted molar refractivity (Wildman–Crippen MR) is 188 cm³/mol. The van der Waals surface area contributed by atoms with Crippen molar-refractivity contribution >= 4 is 73.4 Å². The fourth-order valence-electron chi connectivity index (χ4n) is 5.87. The SMILES string of the molecule is COc1ccc(Br)cc1[C@@H]1C(C(=O)OC(C)C)=C(C)N=c2s/c(=C\c3c(C)n(Cc4ccc(Cl)cc4Cl)c4ccccc34)c(=O)n21. The van der Waals surface area contributed by atoms with Gasteiger partial charge < -0.3 is 14.0 Å². The molecule has 7 nitrogen and oxygen atoms in total. The van der Waals surface area contributed by atoms with E-state index in [-0.39, 0.29) is 17.2 Å². The van der Waals surface area contributed by atoms with Crippen molar-refractivity contribution in [3.05, 3.63) is 129 Å². The number of hydrogen-bond donors (Lipinski definition) is 0. The lowest BCUT2D eigenvalue weighted by atomic mass is 9.95. The number of thiazole rings is 1. The van der Waals surface area contributed by atoms with E-state index in [2.05, 4.69) is 26.6 Å². The summed E-state index contributed by atoms with van der Waals surface area (Å²) >= 11 is 17.6. The molecule has 0 amide bonds. The van der Waals surface area contributed by atoms with Crippen molar-refractivity contribution in [2.24, 2.45) is 4.99 Å². The molecule has 0 saturated carbocycles. The maximum Gasteiger partial charge on any atom is 0.338 e. The first kappa shape index (κ1) is 32.3. The highest BCUT2D eigenvalue weighted by molar-refractivity contribution is 9.10. The third-order valence-electron chi connectivity index (χ3n) is 7.97. The number of hydrogen-bond acceptors (Lipinski definition) is 6. The fraction of sp³-hybridized carbons (Fsp3) is 0.229. The van der Waals surface area contributed by atoms with E-state index >= 15 is 0 Å². The summed E-state index contributed by atoms with van der Waals surface area (Å²) < 4.78 is 16.4. The summed E-state index contributed by atoms with van der Waals surface area (Å²) in [5.41, 5.74) is 4.97. The van der Waals surface area contributed by atoms with Crippen LogP contribution in [0.4, 0.5) is 0 Å². The summed E-state index contributed by atoms with van der Waals surface area (Å²) in [5.74, 6) is 0.00411. The summed E-state index contributed by atoms with van der Waals surface area (Å²) in [6.45, 7) is 7.91. The number of benzene rings is 3. The summed E-state index contributed by atoms with van der Waals surface area (Å²) in [7, 11) is 1.56. The zero-order chi connectivity index (χ0) is 32.9. The molecule has 0 unspecified atom stereocenters. The molecule has 5 aromatic rings. The van der Waals surface area contributed by atoms with Gasteiger partial charge >= 0.3 is 5.97 Å². The molecule has 6 rings (SSSR count). The zero-order valence-electron chi connectivity index (χ0n) is 25.7. The quantitative estimate of drug-likeness (QED) is 0.162. The van der Waals surface area contributed by atoms with Crippen molar-refractivity contribution in [1.82, 2.24) is 9.13 Å². The smallest absolute Gasteiger partial charge is 0.338 e. The number of carbonyl (C=O) groups is 1. The van der Waals surface area contributed by atoms with Crippen LogP contribution < -0.4 is 19.6 Å². The van der Waals surface area contributed by atoms with Crippen molar-refractivity contribution in [3.63, 3.8) is 0 Å². The molecule has 3 aromatic carbocycles. The Hall–Kier alpha value is -3.63. The molecule has 0 radical (unpaired) electrons. The van der Waals surface area contributed by atoms with Crippen LogP contribution in [0.2, 0.25) is 10.0 Å². The number of rotatable bonds is 7. The summed E-state index contributed by atoms with van der Waals surface area (Å²) in [4.78, 5) is 33.2. The molecular weight excluding hydrogens is 709 g/mol. The topological polar surface area (TPSA) is 74.8 Å². The van der Waals surface area contributed by atoms with Crippen LogP contribution in [0.5, 0.6) is 5.75 Å². The van der Waals surface area contributed by atoms with E-state index in [0.717, 1.165) is 32.2 Å². The average Bonchev–Trinajstić information content (AvgIpc) is 3.45. The van der Waals surface area contributed by atoms with E-state index in [1.54, 1.807) is 44.6 Å². The van der Waals surface area contributed by atoms with Crippen LogP contribution in [0.1, 0.15) is 49.2 Å². The van der Waals surface area contributed by atoms with Crippen LogP contribution in [0.15, 0.2) is 86.2 Å². The molecule has 0 saturated heterocycles. The van der Waals surface area contributed by atoms with E-state index in [9.17, 15) is 9.59 Å². The van der Waals surface area contributed by atoms with Gasteiger partial charge in [-0.25, -0.2) is 9.79 Å². The van der Waals surface area contributed by atoms with E-state index < -0.39 is 12.0 Å². The highest BCUT2D eigenvalue weighted by atomic mass is 79.9. The number of halogens is 3. The van der Waals surface area contributed by atoms with Gasteiger partial charge in [0, 0.05) is 48.8 Å². The Balaban J connectivity index is 1.57. The number of allylic oxidation sites excluding steroid dienone is 1. The van der Waals surface area contributed by atoms with Crippen molar-refractivity contribution in [3.8, 4) is 5.75 Å². The van der Waals surface area contributed by atoms with Gasteiger partial charge in [-0.2, -0.15) is 0 Å². The zero-order valence-corrected chi connectivity index (χ0v) is 29.6. The van der Waals surface area contributed by atoms with Crippen molar-refractivity contribution in [2.45, 2.75) is 46.4 Å². The van der Waals surface area contributed by atoms with Gasteiger partial charge in [-0.3, -0.25) is 9.36 Å². The first-order valence-corrected chi connectivity index (χ1v) is 16.9. The van der Waals surface area contributed by atoms with Crippen LogP contribution in [-0.2, 0) is 16.1 Å². The molecule has 1 atom stereocenters. The van der Waals surface area contributed by atoms with Gasteiger partial charge in [-0.15, -0.1) is 0 Å². The van der Waals surface area contributed by atoms with Crippen molar-refractivity contribution in [2.75, 3.05) is 7.11 Å². The van der Waals surface area contributed by atoms with Gasteiger partial charge in [0.2, 0.25) is 0 Å². The van der Waals surface area contributed by atoms with E-state index in [1.807, 2.05) is 55.5 Å². The van der Waals surface area contributed by atoms with E-state index in [0.29, 0.717) is 42.9 Å². The average molecular weight is 740 g/mol. The predicted octanol–water partition coefficient (Wildman–Crippen LogP) is 7.58. The largest absolute Gasteiger partial charge is 0.496 e. The molecule has 46 heavy (non-hydrogen) atoms. The van der Waals surface area contributed by atoms with Gasteiger partial charge in [0.15, 0.2) is 4.80 Å². The Morgan fingerprint density at radius 2 is 1.87 bits per heavy atom. The molecule has 1 aliphatic rings. The van der Waals surface area contributed by atoms with Crippen LogP contribution in [0, 0.1) is 6.92 Å². The number of ether oxygens (including phenoxy) is 2. The van der Waals surface area contributed by atoms with E-state index in [1.165, 1.54) is 11.3 Å². The van der Waals surface area contributed by atoms with Crippen LogP contribution >= 0.6 is 50.5 Å². The first-order chi connectivity index (χ1) is 22.0.